The molecule has 2 N–H and O–H groups in total. The van der Waals surface area contributed by atoms with Crippen LogP contribution in [0.3, 0.4) is 0 Å². The van der Waals surface area contributed by atoms with Gasteiger partial charge in [0.05, 0.1) is 24.0 Å². The average molecular weight is 410 g/mol. The van der Waals surface area contributed by atoms with Crippen LogP contribution in [0.25, 0.3) is 0 Å². The summed E-state index contributed by atoms with van der Waals surface area (Å²) in [5, 5.41) is 22.4. The number of rotatable bonds is 3. The maximum atomic E-state index is 12.3. The van der Waals surface area contributed by atoms with Crippen molar-refractivity contribution in [3.05, 3.63) is 12.2 Å². The van der Waals surface area contributed by atoms with Gasteiger partial charge in [0.25, 0.3) is 0 Å². The third-order valence-corrected chi connectivity index (χ3v) is 6.99. The highest BCUT2D eigenvalue weighted by Gasteiger charge is 2.68. The molecule has 0 amide bonds. The van der Waals surface area contributed by atoms with Crippen molar-refractivity contribution in [3.63, 3.8) is 0 Å². The first-order valence-electron chi connectivity index (χ1n) is 10.0. The molecule has 1 saturated heterocycles. The molecule has 2 saturated carbocycles. The van der Waals surface area contributed by atoms with E-state index in [0.29, 0.717) is 0 Å². The van der Waals surface area contributed by atoms with Crippen LogP contribution in [0.4, 0.5) is 0 Å². The molecular formula is C21H30O8. The fraction of sp³-hybridized carbons (Fsp3) is 0.762. The second-order valence-corrected chi connectivity index (χ2v) is 9.07. The van der Waals surface area contributed by atoms with Crippen molar-refractivity contribution < 1.29 is 38.8 Å². The van der Waals surface area contributed by atoms with E-state index >= 15 is 0 Å². The number of hydrogen-bond acceptors (Lipinski definition) is 8. The molecule has 0 aromatic rings. The highest BCUT2D eigenvalue weighted by Crippen LogP contribution is 2.58. The molecule has 29 heavy (non-hydrogen) atoms. The highest BCUT2D eigenvalue weighted by molar-refractivity contribution is 5.91. The van der Waals surface area contributed by atoms with Crippen LogP contribution >= 0.6 is 0 Å². The molecule has 162 valence electrons. The van der Waals surface area contributed by atoms with Gasteiger partial charge < -0.3 is 24.4 Å². The summed E-state index contributed by atoms with van der Waals surface area (Å²) >= 11 is 0. The molecule has 0 bridgehead atoms. The normalized spacial score (nSPS) is 44.0. The summed E-state index contributed by atoms with van der Waals surface area (Å²) in [4.78, 5) is 36.2. The Labute approximate surface area is 170 Å². The standard InChI is InChI=1S/C21H30O8/c1-8(2)19(25)28-12-7-13(27-11(5)22)21(6)15(12)10(4)16(23)17-14(18(21)24)9(3)20(26)29-17/h8,10,12-18,23-24H,3,7H2,1-2,4-6H3. The van der Waals surface area contributed by atoms with Crippen molar-refractivity contribution in [1.29, 1.82) is 0 Å². The van der Waals surface area contributed by atoms with Crippen molar-refractivity contribution in [2.24, 2.45) is 29.1 Å². The Morgan fingerprint density at radius 3 is 2.45 bits per heavy atom. The van der Waals surface area contributed by atoms with Crippen molar-refractivity contribution in [3.8, 4) is 0 Å². The topological polar surface area (TPSA) is 119 Å². The lowest BCUT2D eigenvalue weighted by atomic mass is 9.66. The van der Waals surface area contributed by atoms with Gasteiger partial charge in [-0.1, -0.05) is 34.3 Å². The Kier molecular flexibility index (Phi) is 5.55. The zero-order valence-electron chi connectivity index (χ0n) is 17.5. The zero-order valence-corrected chi connectivity index (χ0v) is 17.5. The molecule has 2 aliphatic carbocycles. The molecule has 0 spiro atoms. The second-order valence-electron chi connectivity index (χ2n) is 9.07. The quantitative estimate of drug-likeness (QED) is 0.401. The van der Waals surface area contributed by atoms with Gasteiger partial charge >= 0.3 is 17.9 Å². The van der Waals surface area contributed by atoms with Crippen LogP contribution in [-0.4, -0.2) is 58.6 Å². The van der Waals surface area contributed by atoms with Crippen LogP contribution < -0.4 is 0 Å². The molecular weight excluding hydrogens is 380 g/mol. The number of ether oxygens (including phenoxy) is 3. The molecule has 0 radical (unpaired) electrons. The summed E-state index contributed by atoms with van der Waals surface area (Å²) < 4.78 is 16.6. The van der Waals surface area contributed by atoms with Gasteiger partial charge in [-0.3, -0.25) is 9.59 Å². The van der Waals surface area contributed by atoms with Gasteiger partial charge in [-0.15, -0.1) is 0 Å². The minimum absolute atomic E-state index is 0.0832. The molecule has 9 unspecified atom stereocenters. The molecule has 1 aliphatic heterocycles. The molecule has 3 fully saturated rings. The number of carbonyl (C=O) groups is 3. The molecule has 8 nitrogen and oxygen atoms in total. The predicted molar refractivity (Wildman–Crippen MR) is 100 cm³/mol. The van der Waals surface area contributed by atoms with Crippen molar-refractivity contribution in [2.75, 3.05) is 0 Å². The van der Waals surface area contributed by atoms with Crippen LogP contribution in [0.5, 0.6) is 0 Å². The van der Waals surface area contributed by atoms with Crippen LogP contribution in [-0.2, 0) is 28.6 Å². The van der Waals surface area contributed by atoms with Gasteiger partial charge in [-0.2, -0.15) is 0 Å². The molecule has 1 heterocycles. The van der Waals surface area contributed by atoms with E-state index in [-0.39, 0.29) is 17.9 Å². The highest BCUT2D eigenvalue weighted by atomic mass is 16.6. The molecule has 0 aromatic carbocycles. The van der Waals surface area contributed by atoms with Gasteiger partial charge in [-0.25, -0.2) is 4.79 Å². The number of aliphatic hydroxyl groups is 2. The molecule has 3 rings (SSSR count). The SMILES string of the molecule is C=C1C(=O)OC2C(O)C(C)C3C(OC(=O)C(C)C)CC(OC(C)=O)C3(C)C(O)C12. The summed E-state index contributed by atoms with van der Waals surface area (Å²) in [7, 11) is 0. The third-order valence-electron chi connectivity index (χ3n) is 6.99. The number of hydrogen-bond donors (Lipinski definition) is 2. The maximum Gasteiger partial charge on any atom is 0.334 e. The van der Waals surface area contributed by atoms with Crippen LogP contribution in [0.15, 0.2) is 12.2 Å². The zero-order chi connectivity index (χ0) is 21.8. The number of carbonyl (C=O) groups excluding carboxylic acids is 3. The lowest BCUT2D eigenvalue weighted by Gasteiger charge is -2.42. The Morgan fingerprint density at radius 2 is 1.90 bits per heavy atom. The van der Waals surface area contributed by atoms with Crippen LogP contribution in [0, 0.1) is 29.1 Å². The molecule has 8 heteroatoms. The Hall–Kier alpha value is -1.93. The van der Waals surface area contributed by atoms with E-state index < -0.39 is 71.6 Å². The lowest BCUT2D eigenvalue weighted by molar-refractivity contribution is -0.164. The first-order chi connectivity index (χ1) is 13.4. The molecule has 9 atom stereocenters. The second kappa shape index (κ2) is 7.40. The van der Waals surface area contributed by atoms with Gasteiger partial charge in [0.2, 0.25) is 0 Å². The smallest absolute Gasteiger partial charge is 0.334 e. The predicted octanol–water partition coefficient (Wildman–Crippen LogP) is 0.981. The van der Waals surface area contributed by atoms with Gasteiger partial charge in [0.15, 0.2) is 0 Å². The minimum Gasteiger partial charge on any atom is -0.462 e. The number of aliphatic hydroxyl groups excluding tert-OH is 2. The minimum atomic E-state index is -1.19. The van der Waals surface area contributed by atoms with Crippen molar-refractivity contribution in [1.82, 2.24) is 0 Å². The van der Waals surface area contributed by atoms with Crippen LogP contribution in [0.1, 0.15) is 41.0 Å². The van der Waals surface area contributed by atoms with Crippen LogP contribution in [0.2, 0.25) is 0 Å². The fourth-order valence-corrected chi connectivity index (χ4v) is 5.46. The van der Waals surface area contributed by atoms with E-state index in [9.17, 15) is 24.6 Å². The molecule has 3 aliphatic rings. The van der Waals surface area contributed by atoms with E-state index in [4.69, 9.17) is 14.2 Å². The summed E-state index contributed by atoms with van der Waals surface area (Å²) in [6, 6.07) is 0. The third kappa shape index (κ3) is 3.26. The van der Waals surface area contributed by atoms with E-state index in [2.05, 4.69) is 6.58 Å². The summed E-state index contributed by atoms with van der Waals surface area (Å²) in [5.41, 5.74) is -0.996. The van der Waals surface area contributed by atoms with Crippen molar-refractivity contribution in [2.45, 2.75) is 71.6 Å². The van der Waals surface area contributed by atoms with Gasteiger partial charge in [0.1, 0.15) is 18.3 Å². The van der Waals surface area contributed by atoms with Crippen molar-refractivity contribution >= 4 is 17.9 Å². The van der Waals surface area contributed by atoms with Gasteiger partial charge in [-0.05, 0) is 5.92 Å². The first kappa shape index (κ1) is 21.8. The van der Waals surface area contributed by atoms with E-state index in [1.54, 1.807) is 27.7 Å². The number of esters is 3. The largest absolute Gasteiger partial charge is 0.462 e. The van der Waals surface area contributed by atoms with E-state index in [1.165, 1.54) is 6.92 Å². The first-order valence-corrected chi connectivity index (χ1v) is 10.0. The lowest BCUT2D eigenvalue weighted by Crippen LogP contribution is -2.50. The molecule has 0 aromatic heterocycles. The Morgan fingerprint density at radius 1 is 1.28 bits per heavy atom. The summed E-state index contributed by atoms with van der Waals surface area (Å²) in [6.07, 6.45) is -4.47. The Balaban J connectivity index is 2.08. The fourth-order valence-electron chi connectivity index (χ4n) is 5.46. The maximum absolute atomic E-state index is 12.3. The monoisotopic (exact) mass is 410 g/mol. The average Bonchev–Trinajstić information content (AvgIpc) is 3.05. The summed E-state index contributed by atoms with van der Waals surface area (Å²) in [6.45, 7) is 12.0. The van der Waals surface area contributed by atoms with E-state index in [1.807, 2.05) is 0 Å². The Bertz CT molecular complexity index is 730. The summed E-state index contributed by atoms with van der Waals surface area (Å²) in [5.74, 6) is -3.80. The van der Waals surface area contributed by atoms with Gasteiger partial charge in [0, 0.05) is 30.3 Å². The van der Waals surface area contributed by atoms with E-state index in [0.717, 1.165) is 0 Å². The number of fused-ring (bicyclic) bond motifs is 2.